The maximum absolute atomic E-state index is 13.4. The normalized spacial score (nSPS) is 17.2. The molecular weight excluding hydrogens is 355 g/mol. The Kier molecular flexibility index (Phi) is 5.57. The summed E-state index contributed by atoms with van der Waals surface area (Å²) in [6, 6.07) is 11.5. The number of likely N-dealkylation sites (tertiary alicyclic amines) is 1. The van der Waals surface area contributed by atoms with E-state index in [1.54, 1.807) is 29.2 Å². The molecule has 2 aromatic rings. The summed E-state index contributed by atoms with van der Waals surface area (Å²) in [5.41, 5.74) is 7.37. The number of benzene rings is 2. The predicted molar refractivity (Wildman–Crippen MR) is 99.3 cm³/mol. The van der Waals surface area contributed by atoms with E-state index in [0.29, 0.717) is 12.1 Å². The first-order chi connectivity index (χ1) is 12.5. The lowest BCUT2D eigenvalue weighted by Gasteiger charge is -2.35. The van der Waals surface area contributed by atoms with Crippen LogP contribution in [-0.2, 0) is 4.79 Å². The van der Waals surface area contributed by atoms with Gasteiger partial charge in [-0.25, -0.2) is 4.39 Å². The average Bonchev–Trinajstić information content (AvgIpc) is 2.63. The van der Waals surface area contributed by atoms with Gasteiger partial charge < -0.3 is 10.6 Å². The third-order valence-corrected chi connectivity index (χ3v) is 4.98. The Morgan fingerprint density at radius 2 is 1.92 bits per heavy atom. The largest absolute Gasteiger partial charge is 0.370 e. The molecule has 6 heteroatoms. The third-order valence-electron chi connectivity index (χ3n) is 4.69. The van der Waals surface area contributed by atoms with Gasteiger partial charge in [0, 0.05) is 24.6 Å². The van der Waals surface area contributed by atoms with Crippen LogP contribution in [0.5, 0.6) is 0 Å². The van der Waals surface area contributed by atoms with Crippen molar-refractivity contribution in [1.82, 2.24) is 4.90 Å². The zero-order valence-corrected chi connectivity index (χ0v) is 15.0. The molecule has 2 aromatic carbocycles. The highest BCUT2D eigenvalue weighted by molar-refractivity contribution is 6.31. The van der Waals surface area contributed by atoms with E-state index in [1.807, 2.05) is 6.07 Å². The van der Waals surface area contributed by atoms with Gasteiger partial charge in [0.15, 0.2) is 0 Å². The molecule has 0 spiro atoms. The van der Waals surface area contributed by atoms with Crippen LogP contribution >= 0.6 is 11.6 Å². The monoisotopic (exact) mass is 374 g/mol. The Hall–Kier alpha value is -2.40. The number of nitrogens with zero attached hydrogens (tertiary/aromatic N) is 1. The van der Waals surface area contributed by atoms with Crippen LogP contribution in [0.3, 0.4) is 0 Å². The van der Waals surface area contributed by atoms with Crippen molar-refractivity contribution >= 4 is 23.4 Å². The maximum Gasteiger partial charge on any atom is 0.254 e. The lowest BCUT2D eigenvalue weighted by atomic mass is 9.97. The number of carbonyl (C=O) groups excluding carboxylic acids is 2. The van der Waals surface area contributed by atoms with Crippen molar-refractivity contribution in [2.75, 3.05) is 6.54 Å². The highest BCUT2D eigenvalue weighted by atomic mass is 35.5. The number of rotatable bonds is 4. The molecule has 0 saturated carbocycles. The second kappa shape index (κ2) is 7.87. The molecule has 26 heavy (non-hydrogen) atoms. The first kappa shape index (κ1) is 18.4. The van der Waals surface area contributed by atoms with Crippen LogP contribution in [0.15, 0.2) is 42.5 Å². The number of amides is 2. The molecule has 1 saturated heterocycles. The highest BCUT2D eigenvalue weighted by Crippen LogP contribution is 2.27. The molecule has 0 aromatic heterocycles. The molecule has 136 valence electrons. The van der Waals surface area contributed by atoms with E-state index in [2.05, 4.69) is 0 Å². The molecule has 0 bridgehead atoms. The van der Waals surface area contributed by atoms with Crippen LogP contribution in [0.4, 0.5) is 4.39 Å². The molecule has 4 nitrogen and oxygen atoms in total. The van der Waals surface area contributed by atoms with E-state index in [0.717, 1.165) is 30.4 Å². The summed E-state index contributed by atoms with van der Waals surface area (Å²) in [4.78, 5) is 26.0. The SMILES string of the molecule is NC(=O)CC1CCCCN1C(=O)c1cccc(-c2ccc(F)c(Cl)c2)c1. The van der Waals surface area contributed by atoms with Gasteiger partial charge in [-0.1, -0.05) is 29.8 Å². The van der Waals surface area contributed by atoms with E-state index in [1.165, 1.54) is 12.1 Å². The quantitative estimate of drug-likeness (QED) is 0.878. The van der Waals surface area contributed by atoms with Crippen molar-refractivity contribution in [3.63, 3.8) is 0 Å². The van der Waals surface area contributed by atoms with Gasteiger partial charge in [-0.15, -0.1) is 0 Å². The fourth-order valence-electron chi connectivity index (χ4n) is 3.39. The number of primary amides is 1. The Balaban J connectivity index is 1.87. The van der Waals surface area contributed by atoms with Gasteiger partial charge in [-0.2, -0.15) is 0 Å². The summed E-state index contributed by atoms with van der Waals surface area (Å²) in [5.74, 6) is -0.999. The minimum Gasteiger partial charge on any atom is -0.370 e. The molecule has 1 unspecified atom stereocenters. The van der Waals surface area contributed by atoms with Gasteiger partial charge >= 0.3 is 0 Å². The van der Waals surface area contributed by atoms with Crippen molar-refractivity contribution < 1.29 is 14.0 Å². The maximum atomic E-state index is 13.4. The first-order valence-electron chi connectivity index (χ1n) is 8.60. The molecule has 0 aliphatic carbocycles. The Morgan fingerprint density at radius 3 is 2.65 bits per heavy atom. The molecule has 2 amide bonds. The Bertz CT molecular complexity index is 840. The zero-order valence-electron chi connectivity index (χ0n) is 14.3. The second-order valence-corrected chi connectivity index (χ2v) is 6.94. The van der Waals surface area contributed by atoms with Crippen molar-refractivity contribution in [3.8, 4) is 11.1 Å². The Morgan fingerprint density at radius 1 is 1.15 bits per heavy atom. The number of hydrogen-bond donors (Lipinski definition) is 1. The number of hydrogen-bond acceptors (Lipinski definition) is 2. The summed E-state index contributed by atoms with van der Waals surface area (Å²) >= 11 is 5.86. The third kappa shape index (κ3) is 4.05. The van der Waals surface area contributed by atoms with E-state index < -0.39 is 11.7 Å². The van der Waals surface area contributed by atoms with Crippen LogP contribution < -0.4 is 5.73 Å². The molecule has 1 aliphatic rings. The highest BCUT2D eigenvalue weighted by Gasteiger charge is 2.28. The summed E-state index contributed by atoms with van der Waals surface area (Å²) in [7, 11) is 0. The molecular formula is C20H20ClFN2O2. The van der Waals surface area contributed by atoms with Crippen molar-refractivity contribution in [3.05, 3.63) is 58.9 Å². The Labute approximate surface area is 156 Å². The fraction of sp³-hybridized carbons (Fsp3) is 0.300. The topological polar surface area (TPSA) is 63.4 Å². The number of piperidine rings is 1. The minimum absolute atomic E-state index is 0.0387. The van der Waals surface area contributed by atoms with E-state index in [-0.39, 0.29) is 23.4 Å². The van der Waals surface area contributed by atoms with Gasteiger partial charge in [-0.05, 0) is 54.7 Å². The van der Waals surface area contributed by atoms with Gasteiger partial charge in [0.05, 0.1) is 5.02 Å². The van der Waals surface area contributed by atoms with Crippen LogP contribution in [0.25, 0.3) is 11.1 Å². The molecule has 1 fully saturated rings. The second-order valence-electron chi connectivity index (χ2n) is 6.53. The average molecular weight is 375 g/mol. The molecule has 1 heterocycles. The molecule has 3 rings (SSSR count). The van der Waals surface area contributed by atoms with Crippen LogP contribution in [0.1, 0.15) is 36.0 Å². The number of nitrogens with two attached hydrogens (primary N) is 1. The molecule has 1 aliphatic heterocycles. The standard InChI is InChI=1S/C20H20ClFN2O2/c21-17-11-14(7-8-18(17)22)13-4-3-5-15(10-13)20(26)24-9-2-1-6-16(24)12-19(23)25/h3-5,7-8,10-11,16H,1-2,6,9,12H2,(H2,23,25). The molecule has 1 atom stereocenters. The van der Waals surface area contributed by atoms with Crippen LogP contribution in [0, 0.1) is 5.82 Å². The molecule has 2 N–H and O–H groups in total. The van der Waals surface area contributed by atoms with Crippen molar-refractivity contribution in [2.24, 2.45) is 5.73 Å². The zero-order chi connectivity index (χ0) is 18.7. The lowest BCUT2D eigenvalue weighted by molar-refractivity contribution is -0.119. The van der Waals surface area contributed by atoms with E-state index in [9.17, 15) is 14.0 Å². The summed E-state index contributed by atoms with van der Waals surface area (Å²) < 4.78 is 13.4. The van der Waals surface area contributed by atoms with Gasteiger partial charge in [0.1, 0.15) is 5.82 Å². The van der Waals surface area contributed by atoms with Gasteiger partial charge in [-0.3, -0.25) is 9.59 Å². The van der Waals surface area contributed by atoms with Crippen LogP contribution in [-0.4, -0.2) is 29.3 Å². The smallest absolute Gasteiger partial charge is 0.254 e. The number of halogens is 2. The summed E-state index contributed by atoms with van der Waals surface area (Å²) in [5, 5.41) is 0.0387. The summed E-state index contributed by atoms with van der Waals surface area (Å²) in [6.07, 6.45) is 2.85. The lowest BCUT2D eigenvalue weighted by Crippen LogP contribution is -2.45. The van der Waals surface area contributed by atoms with Crippen LogP contribution in [0.2, 0.25) is 5.02 Å². The fourth-order valence-corrected chi connectivity index (χ4v) is 3.57. The van der Waals surface area contributed by atoms with E-state index in [4.69, 9.17) is 17.3 Å². The minimum atomic E-state index is -0.481. The van der Waals surface area contributed by atoms with Crippen molar-refractivity contribution in [2.45, 2.75) is 31.7 Å². The summed E-state index contributed by atoms with van der Waals surface area (Å²) in [6.45, 7) is 0.614. The van der Waals surface area contributed by atoms with Crippen molar-refractivity contribution in [1.29, 1.82) is 0 Å². The number of carbonyl (C=O) groups is 2. The van der Waals surface area contributed by atoms with Gasteiger partial charge in [0.2, 0.25) is 5.91 Å². The molecule has 0 radical (unpaired) electrons. The van der Waals surface area contributed by atoms with Gasteiger partial charge in [0.25, 0.3) is 5.91 Å². The van der Waals surface area contributed by atoms with E-state index >= 15 is 0 Å². The predicted octanol–water partition coefficient (Wildman–Crippen LogP) is 4.02. The first-order valence-corrected chi connectivity index (χ1v) is 8.98.